The molecule has 1 amide bonds. The van der Waals surface area contributed by atoms with Crippen LogP contribution in [-0.2, 0) is 11.2 Å². The van der Waals surface area contributed by atoms with Crippen molar-refractivity contribution in [3.8, 4) is 0 Å². The SMILES string of the molecule is O=C(CCc1c[nH]c2ccccc12)N1CCNCC1. The van der Waals surface area contributed by atoms with Crippen LogP contribution in [0.25, 0.3) is 10.9 Å². The first-order valence-electron chi connectivity index (χ1n) is 6.88. The lowest BCUT2D eigenvalue weighted by Gasteiger charge is -2.27. The topological polar surface area (TPSA) is 48.1 Å². The highest BCUT2D eigenvalue weighted by atomic mass is 16.2. The van der Waals surface area contributed by atoms with Gasteiger partial charge < -0.3 is 15.2 Å². The smallest absolute Gasteiger partial charge is 0.222 e. The van der Waals surface area contributed by atoms with Gasteiger partial charge in [-0.3, -0.25) is 4.79 Å². The minimum atomic E-state index is 0.270. The number of H-pyrrole nitrogens is 1. The quantitative estimate of drug-likeness (QED) is 0.876. The summed E-state index contributed by atoms with van der Waals surface area (Å²) in [5, 5.41) is 4.50. The molecule has 2 aromatic rings. The molecule has 1 aromatic carbocycles. The van der Waals surface area contributed by atoms with Gasteiger partial charge in [0, 0.05) is 49.7 Å². The third kappa shape index (κ3) is 2.63. The minimum absolute atomic E-state index is 0.270. The Morgan fingerprint density at radius 1 is 1.21 bits per heavy atom. The van der Waals surface area contributed by atoms with Crippen molar-refractivity contribution in [2.24, 2.45) is 0 Å². The van der Waals surface area contributed by atoms with Gasteiger partial charge in [0.2, 0.25) is 5.91 Å². The molecule has 19 heavy (non-hydrogen) atoms. The van der Waals surface area contributed by atoms with Crippen LogP contribution in [0.4, 0.5) is 0 Å². The number of carbonyl (C=O) groups excluding carboxylic acids is 1. The predicted octanol–water partition coefficient (Wildman–Crippen LogP) is 1.53. The summed E-state index contributed by atoms with van der Waals surface area (Å²) in [5.74, 6) is 0.270. The first-order chi connectivity index (χ1) is 9.34. The number of piperazine rings is 1. The van der Waals surface area contributed by atoms with Crippen LogP contribution in [0.2, 0.25) is 0 Å². The molecule has 0 spiro atoms. The summed E-state index contributed by atoms with van der Waals surface area (Å²) in [7, 11) is 0. The van der Waals surface area contributed by atoms with Crippen LogP contribution in [-0.4, -0.2) is 42.0 Å². The molecular weight excluding hydrogens is 238 g/mol. The number of aromatic amines is 1. The van der Waals surface area contributed by atoms with Crippen LogP contribution in [0, 0.1) is 0 Å². The first-order valence-corrected chi connectivity index (χ1v) is 6.88. The number of benzene rings is 1. The Morgan fingerprint density at radius 2 is 2.00 bits per heavy atom. The summed E-state index contributed by atoms with van der Waals surface area (Å²) in [6.45, 7) is 3.51. The number of aromatic nitrogens is 1. The van der Waals surface area contributed by atoms with Gasteiger partial charge in [-0.1, -0.05) is 18.2 Å². The fourth-order valence-corrected chi connectivity index (χ4v) is 2.65. The van der Waals surface area contributed by atoms with E-state index in [9.17, 15) is 4.79 Å². The van der Waals surface area contributed by atoms with Gasteiger partial charge >= 0.3 is 0 Å². The zero-order valence-electron chi connectivity index (χ0n) is 11.0. The number of carbonyl (C=O) groups is 1. The van der Waals surface area contributed by atoms with E-state index in [0.29, 0.717) is 6.42 Å². The van der Waals surface area contributed by atoms with Gasteiger partial charge in [0.25, 0.3) is 0 Å². The average Bonchev–Trinajstić information content (AvgIpc) is 2.89. The molecule has 1 fully saturated rings. The van der Waals surface area contributed by atoms with Crippen LogP contribution in [0.15, 0.2) is 30.5 Å². The van der Waals surface area contributed by atoms with Crippen molar-refractivity contribution in [1.29, 1.82) is 0 Å². The van der Waals surface area contributed by atoms with Crippen LogP contribution < -0.4 is 5.32 Å². The summed E-state index contributed by atoms with van der Waals surface area (Å²) >= 11 is 0. The number of rotatable bonds is 3. The van der Waals surface area contributed by atoms with Gasteiger partial charge in [-0.25, -0.2) is 0 Å². The highest BCUT2D eigenvalue weighted by molar-refractivity contribution is 5.84. The maximum Gasteiger partial charge on any atom is 0.222 e. The number of nitrogens with one attached hydrogen (secondary N) is 2. The number of fused-ring (bicyclic) bond motifs is 1. The van der Waals surface area contributed by atoms with E-state index in [4.69, 9.17) is 0 Å². The lowest BCUT2D eigenvalue weighted by molar-refractivity contribution is -0.131. The van der Waals surface area contributed by atoms with E-state index < -0.39 is 0 Å². The van der Waals surface area contributed by atoms with Gasteiger partial charge in [0.15, 0.2) is 0 Å². The molecule has 100 valence electrons. The molecular formula is C15H19N3O. The number of nitrogens with zero attached hydrogens (tertiary/aromatic N) is 1. The normalized spacial score (nSPS) is 15.9. The number of aryl methyl sites for hydroxylation is 1. The van der Waals surface area contributed by atoms with Crippen molar-refractivity contribution >= 4 is 16.8 Å². The summed E-state index contributed by atoms with van der Waals surface area (Å²) < 4.78 is 0. The van der Waals surface area contributed by atoms with Gasteiger partial charge in [-0.2, -0.15) is 0 Å². The Kier molecular flexibility index (Phi) is 3.51. The minimum Gasteiger partial charge on any atom is -0.361 e. The number of amides is 1. The highest BCUT2D eigenvalue weighted by Gasteiger charge is 2.16. The number of hydrogen-bond donors (Lipinski definition) is 2. The summed E-state index contributed by atoms with van der Waals surface area (Å²) in [6, 6.07) is 8.24. The molecule has 0 radical (unpaired) electrons. The molecule has 0 bridgehead atoms. The van der Waals surface area contributed by atoms with Crippen molar-refractivity contribution in [3.63, 3.8) is 0 Å². The Balaban J connectivity index is 1.64. The van der Waals surface area contributed by atoms with Crippen LogP contribution in [0.5, 0.6) is 0 Å². The van der Waals surface area contributed by atoms with E-state index in [0.717, 1.165) is 38.1 Å². The Morgan fingerprint density at radius 3 is 2.84 bits per heavy atom. The predicted molar refractivity (Wildman–Crippen MR) is 76.1 cm³/mol. The number of para-hydroxylation sites is 1. The third-order valence-electron chi connectivity index (χ3n) is 3.75. The third-order valence-corrected chi connectivity index (χ3v) is 3.75. The highest BCUT2D eigenvalue weighted by Crippen LogP contribution is 2.19. The number of hydrogen-bond acceptors (Lipinski definition) is 2. The van der Waals surface area contributed by atoms with Crippen molar-refractivity contribution in [2.75, 3.05) is 26.2 Å². The molecule has 4 heteroatoms. The van der Waals surface area contributed by atoms with Crippen molar-refractivity contribution in [1.82, 2.24) is 15.2 Å². The molecule has 2 heterocycles. The standard InChI is InChI=1S/C15H19N3O/c19-15(18-9-7-16-8-10-18)6-5-12-11-17-14-4-2-1-3-13(12)14/h1-4,11,16-17H,5-10H2. The van der Waals surface area contributed by atoms with E-state index in [1.807, 2.05) is 23.2 Å². The largest absolute Gasteiger partial charge is 0.361 e. The second kappa shape index (κ2) is 5.45. The lowest BCUT2D eigenvalue weighted by Crippen LogP contribution is -2.46. The fraction of sp³-hybridized carbons (Fsp3) is 0.400. The second-order valence-corrected chi connectivity index (χ2v) is 4.99. The Labute approximate surface area is 112 Å². The lowest BCUT2D eigenvalue weighted by atomic mass is 10.1. The monoisotopic (exact) mass is 257 g/mol. The van der Waals surface area contributed by atoms with E-state index >= 15 is 0 Å². The molecule has 0 atom stereocenters. The fourth-order valence-electron chi connectivity index (χ4n) is 2.65. The van der Waals surface area contributed by atoms with Crippen LogP contribution >= 0.6 is 0 Å². The molecule has 1 aromatic heterocycles. The summed E-state index contributed by atoms with van der Waals surface area (Å²) in [4.78, 5) is 17.3. The molecule has 0 unspecified atom stereocenters. The summed E-state index contributed by atoms with van der Waals surface area (Å²) in [5.41, 5.74) is 2.38. The van der Waals surface area contributed by atoms with Gasteiger partial charge in [0.05, 0.1) is 0 Å². The van der Waals surface area contributed by atoms with Crippen LogP contribution in [0.3, 0.4) is 0 Å². The zero-order valence-corrected chi connectivity index (χ0v) is 11.0. The van der Waals surface area contributed by atoms with Gasteiger partial charge in [-0.05, 0) is 18.1 Å². The zero-order chi connectivity index (χ0) is 13.1. The first kappa shape index (κ1) is 12.2. The maximum absolute atomic E-state index is 12.1. The van der Waals surface area contributed by atoms with Crippen molar-refractivity contribution in [3.05, 3.63) is 36.0 Å². The van der Waals surface area contributed by atoms with Gasteiger partial charge in [-0.15, -0.1) is 0 Å². The molecule has 1 aliphatic heterocycles. The molecule has 4 nitrogen and oxygen atoms in total. The second-order valence-electron chi connectivity index (χ2n) is 4.99. The van der Waals surface area contributed by atoms with E-state index in [2.05, 4.69) is 22.4 Å². The van der Waals surface area contributed by atoms with E-state index in [1.54, 1.807) is 0 Å². The molecule has 1 saturated heterocycles. The van der Waals surface area contributed by atoms with E-state index in [1.165, 1.54) is 10.9 Å². The van der Waals surface area contributed by atoms with Crippen molar-refractivity contribution < 1.29 is 4.79 Å². The van der Waals surface area contributed by atoms with Gasteiger partial charge in [0.1, 0.15) is 0 Å². The van der Waals surface area contributed by atoms with E-state index in [-0.39, 0.29) is 5.91 Å². The summed E-state index contributed by atoms with van der Waals surface area (Å²) in [6.07, 6.45) is 3.43. The van der Waals surface area contributed by atoms with Crippen LogP contribution in [0.1, 0.15) is 12.0 Å². The van der Waals surface area contributed by atoms with Crippen molar-refractivity contribution in [2.45, 2.75) is 12.8 Å². The molecule has 1 aliphatic rings. The Bertz CT molecular complexity index is 570. The Hall–Kier alpha value is -1.81. The maximum atomic E-state index is 12.1. The molecule has 0 aliphatic carbocycles. The average molecular weight is 257 g/mol. The molecule has 0 saturated carbocycles. The molecule has 3 rings (SSSR count). The molecule has 2 N–H and O–H groups in total.